The van der Waals surface area contributed by atoms with E-state index >= 15 is 0 Å². The van der Waals surface area contributed by atoms with Crippen molar-refractivity contribution >= 4 is 23.2 Å². The number of rotatable bonds is 6. The Bertz CT molecular complexity index is 430. The monoisotopic (exact) mass is 301 g/mol. The second-order valence-corrected chi connectivity index (χ2v) is 6.42. The summed E-state index contributed by atoms with van der Waals surface area (Å²) in [5.74, 6) is 0.707. The smallest absolute Gasteiger partial charge is 0.140 e. The highest BCUT2D eigenvalue weighted by Crippen LogP contribution is 2.41. The molecule has 0 atom stereocenters. The molecule has 0 aromatic heterocycles. The summed E-state index contributed by atoms with van der Waals surface area (Å²) in [7, 11) is 0. The molecule has 1 fully saturated rings. The highest BCUT2D eigenvalue weighted by Gasteiger charge is 2.39. The molecule has 0 bridgehead atoms. The Morgan fingerprint density at radius 3 is 2.63 bits per heavy atom. The van der Waals surface area contributed by atoms with Crippen LogP contribution >= 0.6 is 23.2 Å². The van der Waals surface area contributed by atoms with Crippen molar-refractivity contribution in [2.45, 2.75) is 51.2 Å². The van der Waals surface area contributed by atoms with Crippen LogP contribution in [0, 0.1) is 0 Å². The first kappa shape index (κ1) is 15.0. The summed E-state index contributed by atoms with van der Waals surface area (Å²) >= 11 is 12.2. The van der Waals surface area contributed by atoms with E-state index in [1.807, 2.05) is 0 Å². The van der Waals surface area contributed by atoms with Gasteiger partial charge in [0.1, 0.15) is 11.4 Å². The van der Waals surface area contributed by atoms with E-state index in [0.717, 1.165) is 25.8 Å². The van der Waals surface area contributed by atoms with Crippen LogP contribution in [0.4, 0.5) is 0 Å². The van der Waals surface area contributed by atoms with Gasteiger partial charge in [-0.2, -0.15) is 0 Å². The average Bonchev–Trinajstić information content (AvgIpc) is 2.30. The van der Waals surface area contributed by atoms with Gasteiger partial charge in [-0.15, -0.1) is 0 Å². The van der Waals surface area contributed by atoms with Gasteiger partial charge in [0.25, 0.3) is 0 Å². The highest BCUT2D eigenvalue weighted by molar-refractivity contribution is 6.34. The zero-order chi connectivity index (χ0) is 13.9. The summed E-state index contributed by atoms with van der Waals surface area (Å²) in [5.41, 5.74) is -0.0593. The van der Waals surface area contributed by atoms with Crippen molar-refractivity contribution in [1.82, 2.24) is 5.32 Å². The van der Waals surface area contributed by atoms with Crippen molar-refractivity contribution in [3.05, 3.63) is 28.2 Å². The van der Waals surface area contributed by atoms with Crippen LogP contribution in [0.25, 0.3) is 0 Å². The van der Waals surface area contributed by atoms with E-state index < -0.39 is 0 Å². The number of hydrogen-bond acceptors (Lipinski definition) is 2. The lowest BCUT2D eigenvalue weighted by atomic mass is 9.77. The maximum atomic E-state index is 6.17. The molecule has 0 unspecified atom stereocenters. The van der Waals surface area contributed by atoms with Crippen molar-refractivity contribution < 1.29 is 4.74 Å². The van der Waals surface area contributed by atoms with Crippen LogP contribution in [-0.2, 0) is 0 Å². The topological polar surface area (TPSA) is 21.3 Å². The Morgan fingerprint density at radius 1 is 1.32 bits per heavy atom. The van der Waals surface area contributed by atoms with Crippen molar-refractivity contribution in [3.63, 3.8) is 0 Å². The van der Waals surface area contributed by atoms with Gasteiger partial charge >= 0.3 is 0 Å². The van der Waals surface area contributed by atoms with Crippen LogP contribution in [0.2, 0.25) is 10.0 Å². The van der Waals surface area contributed by atoms with Crippen LogP contribution in [-0.4, -0.2) is 18.2 Å². The number of benzene rings is 1. The van der Waals surface area contributed by atoms with Crippen molar-refractivity contribution in [3.8, 4) is 5.75 Å². The fourth-order valence-electron chi connectivity index (χ4n) is 2.35. The molecule has 1 aliphatic carbocycles. The lowest BCUT2D eigenvalue weighted by Crippen LogP contribution is -2.46. The van der Waals surface area contributed by atoms with Gasteiger partial charge in [-0.3, -0.25) is 0 Å². The normalized spacial score (nSPS) is 17.3. The fraction of sp³-hybridized carbons (Fsp3) is 0.600. The maximum Gasteiger partial charge on any atom is 0.140 e. The maximum absolute atomic E-state index is 6.17. The molecule has 19 heavy (non-hydrogen) atoms. The third kappa shape index (κ3) is 4.01. The van der Waals surface area contributed by atoms with E-state index in [2.05, 4.69) is 19.2 Å². The van der Waals surface area contributed by atoms with E-state index in [-0.39, 0.29) is 5.60 Å². The van der Waals surface area contributed by atoms with E-state index in [0.29, 0.717) is 21.8 Å². The zero-order valence-electron chi connectivity index (χ0n) is 11.5. The molecule has 2 nitrogen and oxygen atoms in total. The van der Waals surface area contributed by atoms with Crippen molar-refractivity contribution in [2.75, 3.05) is 6.54 Å². The van der Waals surface area contributed by atoms with Crippen LogP contribution < -0.4 is 10.1 Å². The van der Waals surface area contributed by atoms with Gasteiger partial charge < -0.3 is 10.1 Å². The predicted octanol–water partition coefficient (Wildman–Crippen LogP) is 4.68. The summed E-state index contributed by atoms with van der Waals surface area (Å²) in [6.07, 6.45) is 4.42. The van der Waals surface area contributed by atoms with Gasteiger partial charge in [0.2, 0.25) is 0 Å². The van der Waals surface area contributed by atoms with E-state index in [4.69, 9.17) is 27.9 Å². The van der Waals surface area contributed by atoms with Gasteiger partial charge in [-0.1, -0.05) is 37.0 Å². The highest BCUT2D eigenvalue weighted by atomic mass is 35.5. The first-order chi connectivity index (χ1) is 9.01. The van der Waals surface area contributed by atoms with Crippen LogP contribution in [0.1, 0.15) is 39.5 Å². The van der Waals surface area contributed by atoms with Gasteiger partial charge in [0.15, 0.2) is 0 Å². The van der Waals surface area contributed by atoms with Gasteiger partial charge in [-0.25, -0.2) is 0 Å². The Balaban J connectivity index is 1.99. The molecule has 0 saturated heterocycles. The number of ether oxygens (including phenoxy) is 1. The Hall–Kier alpha value is -0.440. The molecule has 1 aliphatic rings. The molecule has 0 spiro atoms. The van der Waals surface area contributed by atoms with Gasteiger partial charge in [0, 0.05) is 17.1 Å². The fourth-order valence-corrected chi connectivity index (χ4v) is 2.67. The lowest BCUT2D eigenvalue weighted by molar-refractivity contribution is -0.0144. The minimum Gasteiger partial charge on any atom is -0.486 e. The summed E-state index contributed by atoms with van der Waals surface area (Å²) in [4.78, 5) is 0. The first-order valence-corrected chi connectivity index (χ1v) is 7.64. The van der Waals surface area contributed by atoms with E-state index in [1.54, 1.807) is 18.2 Å². The molecular weight excluding hydrogens is 281 g/mol. The SMILES string of the molecule is CC(C)NCCC1(Oc2cc(Cl)ccc2Cl)CCC1. The number of hydrogen-bond donors (Lipinski definition) is 1. The summed E-state index contributed by atoms with van der Waals surface area (Å²) < 4.78 is 6.17. The Kier molecular flexibility index (Phi) is 4.99. The van der Waals surface area contributed by atoms with Crippen LogP contribution in [0.5, 0.6) is 5.75 Å². The predicted molar refractivity (Wildman–Crippen MR) is 81.4 cm³/mol. The van der Waals surface area contributed by atoms with E-state index in [1.165, 1.54) is 6.42 Å². The molecule has 4 heteroatoms. The van der Waals surface area contributed by atoms with Crippen molar-refractivity contribution in [2.24, 2.45) is 0 Å². The molecule has 0 radical (unpaired) electrons. The van der Waals surface area contributed by atoms with Gasteiger partial charge in [-0.05, 0) is 44.4 Å². The molecule has 0 aliphatic heterocycles. The lowest BCUT2D eigenvalue weighted by Gasteiger charge is -2.42. The molecule has 1 aromatic carbocycles. The van der Waals surface area contributed by atoms with Crippen LogP contribution in [0.3, 0.4) is 0 Å². The third-order valence-electron chi connectivity index (χ3n) is 3.62. The first-order valence-electron chi connectivity index (χ1n) is 6.88. The minimum atomic E-state index is -0.0593. The third-order valence-corrected chi connectivity index (χ3v) is 4.17. The standard InChI is InChI=1S/C15H21Cl2NO/c1-11(2)18-9-8-15(6-3-7-15)19-14-10-12(16)4-5-13(14)17/h4-5,10-11,18H,3,6-9H2,1-2H3. The minimum absolute atomic E-state index is 0.0593. The van der Waals surface area contributed by atoms with Gasteiger partial charge in [0.05, 0.1) is 5.02 Å². The second kappa shape index (κ2) is 6.34. The zero-order valence-corrected chi connectivity index (χ0v) is 13.0. The summed E-state index contributed by atoms with van der Waals surface area (Å²) in [5, 5.41) is 4.74. The molecule has 1 N–H and O–H groups in total. The Labute approximate surface area is 125 Å². The van der Waals surface area contributed by atoms with Crippen molar-refractivity contribution in [1.29, 1.82) is 0 Å². The van der Waals surface area contributed by atoms with E-state index in [9.17, 15) is 0 Å². The summed E-state index contributed by atoms with van der Waals surface area (Å²) in [6.45, 7) is 5.28. The summed E-state index contributed by atoms with van der Waals surface area (Å²) in [6, 6.07) is 5.88. The molecule has 1 aromatic rings. The molecule has 2 rings (SSSR count). The number of nitrogens with one attached hydrogen (secondary N) is 1. The molecular formula is C15H21Cl2NO. The average molecular weight is 302 g/mol. The quantitative estimate of drug-likeness (QED) is 0.823. The molecule has 106 valence electrons. The van der Waals surface area contributed by atoms with Crippen LogP contribution in [0.15, 0.2) is 18.2 Å². The Morgan fingerprint density at radius 2 is 2.05 bits per heavy atom. The molecule has 0 heterocycles. The second-order valence-electron chi connectivity index (χ2n) is 5.57. The number of halogens is 2. The largest absolute Gasteiger partial charge is 0.486 e. The molecule has 0 amide bonds. The molecule has 1 saturated carbocycles.